The van der Waals surface area contributed by atoms with Gasteiger partial charge in [0.25, 0.3) is 11.1 Å². The number of para-hydroxylation sites is 2. The topological polar surface area (TPSA) is 219 Å². The summed E-state index contributed by atoms with van der Waals surface area (Å²) in [6, 6.07) is 13.8. The summed E-state index contributed by atoms with van der Waals surface area (Å²) in [7, 11) is -3.48. The van der Waals surface area contributed by atoms with E-state index in [-0.39, 0.29) is 46.4 Å². The first-order valence-electron chi connectivity index (χ1n) is 16.1. The highest BCUT2D eigenvalue weighted by Gasteiger charge is 2.21. The molecule has 59 heavy (non-hydrogen) atoms. The number of aryl methyl sites for hydroxylation is 2. The third-order valence-electron chi connectivity index (χ3n) is 7.64. The zero-order valence-electron chi connectivity index (χ0n) is 29.6. The number of aromatic nitrogens is 10. The van der Waals surface area contributed by atoms with Crippen molar-refractivity contribution >= 4 is 116 Å². The van der Waals surface area contributed by atoms with Gasteiger partial charge in [-0.25, -0.2) is 43.3 Å². The Kier molecular flexibility index (Phi) is 15.6. The SMILES string of the molecule is C.C.CCS(=O)(=O)c1nc2ncn(-c3c(C)cccc3Cl)c(=O)c2s1.Cc1cccc(Cl)c1-n1cnc2nc(Nc3cc(Cl)ncn3)sc2c1=O.Nc1cc(Cl)ncn1. The van der Waals surface area contributed by atoms with Gasteiger partial charge in [-0.2, -0.15) is 4.98 Å². The average molecular weight is 937 g/mol. The number of halogens is 4. The summed E-state index contributed by atoms with van der Waals surface area (Å²) in [6.07, 6.45) is 5.41. The molecule has 308 valence electrons. The molecule has 0 unspecified atom stereocenters. The molecule has 6 heterocycles. The first-order valence-corrected chi connectivity index (χ1v) is 20.9. The molecule has 0 amide bonds. The second-order valence-corrected chi connectivity index (χ2v) is 17.5. The lowest BCUT2D eigenvalue weighted by Gasteiger charge is -2.10. The summed E-state index contributed by atoms with van der Waals surface area (Å²) in [4.78, 5) is 57.4. The maximum atomic E-state index is 12.9. The number of nitrogens with one attached hydrogen (secondary N) is 1. The number of anilines is 3. The largest absolute Gasteiger partial charge is 0.384 e. The van der Waals surface area contributed by atoms with Gasteiger partial charge in [0, 0.05) is 12.1 Å². The van der Waals surface area contributed by atoms with E-state index in [0.29, 0.717) is 58.8 Å². The quantitative estimate of drug-likeness (QED) is 0.149. The molecule has 0 atom stereocenters. The highest BCUT2D eigenvalue weighted by atomic mass is 35.5. The molecule has 0 fully saturated rings. The van der Waals surface area contributed by atoms with E-state index in [1.165, 1.54) is 58.8 Å². The number of rotatable bonds is 6. The number of fused-ring (bicyclic) bond motifs is 2. The van der Waals surface area contributed by atoms with Crippen LogP contribution < -0.4 is 22.2 Å². The smallest absolute Gasteiger partial charge is 0.277 e. The molecule has 0 radical (unpaired) electrons. The summed E-state index contributed by atoms with van der Waals surface area (Å²) < 4.78 is 27.1. The molecular weight excluding hydrogens is 902 g/mol. The van der Waals surface area contributed by atoms with Crippen molar-refractivity contribution in [2.24, 2.45) is 0 Å². The monoisotopic (exact) mass is 934 g/mol. The highest BCUT2D eigenvalue weighted by molar-refractivity contribution is 7.93. The van der Waals surface area contributed by atoms with E-state index in [0.717, 1.165) is 22.5 Å². The summed E-state index contributed by atoms with van der Waals surface area (Å²) in [5.74, 6) is 0.793. The van der Waals surface area contributed by atoms with E-state index in [1.54, 1.807) is 24.3 Å². The van der Waals surface area contributed by atoms with Crippen LogP contribution in [0.25, 0.3) is 32.1 Å². The minimum Gasteiger partial charge on any atom is -0.384 e. The Morgan fingerprint density at radius 1 is 0.712 bits per heavy atom. The fourth-order valence-corrected chi connectivity index (χ4v) is 9.00. The molecule has 8 aromatic rings. The zero-order chi connectivity index (χ0) is 41.0. The van der Waals surface area contributed by atoms with Crippen LogP contribution in [-0.4, -0.2) is 63.2 Å². The lowest BCUT2D eigenvalue weighted by molar-refractivity contribution is 0.596. The minimum absolute atomic E-state index is 0. The number of hydrogen-bond acceptors (Lipinski definition) is 16. The van der Waals surface area contributed by atoms with E-state index in [4.69, 9.17) is 52.1 Å². The lowest BCUT2D eigenvalue weighted by Crippen LogP contribution is -2.19. The Bertz CT molecular complexity index is 2960. The molecule has 23 heteroatoms. The Hall–Kier alpha value is -5.15. The van der Waals surface area contributed by atoms with Gasteiger partial charge in [0.15, 0.2) is 16.4 Å². The van der Waals surface area contributed by atoms with Crippen molar-refractivity contribution in [2.45, 2.75) is 40.0 Å². The van der Waals surface area contributed by atoms with E-state index < -0.39 is 9.84 Å². The fourth-order valence-electron chi connectivity index (χ4n) is 4.95. The summed E-state index contributed by atoms with van der Waals surface area (Å²) in [5, 5.41) is 5.05. The van der Waals surface area contributed by atoms with E-state index >= 15 is 0 Å². The molecule has 0 saturated carbocycles. The van der Waals surface area contributed by atoms with Gasteiger partial charge in [-0.1, -0.05) is 115 Å². The van der Waals surface area contributed by atoms with Crippen LogP contribution in [0.15, 0.2) is 87.8 Å². The Labute approximate surface area is 365 Å². The van der Waals surface area contributed by atoms with Crippen LogP contribution in [0.3, 0.4) is 0 Å². The summed E-state index contributed by atoms with van der Waals surface area (Å²) in [6.45, 7) is 5.24. The summed E-state index contributed by atoms with van der Waals surface area (Å²) >= 11 is 25.7. The van der Waals surface area contributed by atoms with Crippen LogP contribution in [0.4, 0.5) is 16.8 Å². The van der Waals surface area contributed by atoms with Crippen LogP contribution in [0.1, 0.15) is 32.9 Å². The number of nitrogens with zero attached hydrogens (tertiary/aromatic N) is 10. The number of thiazole rings is 2. The Morgan fingerprint density at radius 3 is 1.69 bits per heavy atom. The highest BCUT2D eigenvalue weighted by Crippen LogP contribution is 2.28. The van der Waals surface area contributed by atoms with Crippen LogP contribution in [0.2, 0.25) is 20.4 Å². The predicted molar refractivity (Wildman–Crippen MR) is 238 cm³/mol. The molecule has 0 aliphatic heterocycles. The van der Waals surface area contributed by atoms with Gasteiger partial charge in [-0.3, -0.25) is 18.7 Å². The van der Waals surface area contributed by atoms with Crippen molar-refractivity contribution in [2.75, 3.05) is 16.8 Å². The molecule has 0 bridgehead atoms. The maximum absolute atomic E-state index is 12.9. The molecule has 0 spiro atoms. The molecule has 2 aromatic carbocycles. The van der Waals surface area contributed by atoms with Gasteiger partial charge in [0.05, 0.1) is 27.2 Å². The number of hydrogen-bond donors (Lipinski definition) is 2. The van der Waals surface area contributed by atoms with Crippen LogP contribution in [-0.2, 0) is 9.84 Å². The Balaban J connectivity index is 0.000000215. The van der Waals surface area contributed by atoms with Gasteiger partial charge in [0.2, 0.25) is 14.2 Å². The molecule has 8 rings (SSSR count). The van der Waals surface area contributed by atoms with Crippen LogP contribution in [0.5, 0.6) is 0 Å². The van der Waals surface area contributed by atoms with Crippen molar-refractivity contribution in [3.63, 3.8) is 0 Å². The second-order valence-electron chi connectivity index (χ2n) is 11.5. The lowest BCUT2D eigenvalue weighted by atomic mass is 10.2. The molecule has 0 saturated heterocycles. The average Bonchev–Trinajstić information content (AvgIpc) is 3.80. The predicted octanol–water partition coefficient (Wildman–Crippen LogP) is 8.57. The summed E-state index contributed by atoms with van der Waals surface area (Å²) in [5.41, 5.74) is 7.91. The third kappa shape index (κ3) is 10.5. The molecule has 0 aliphatic carbocycles. The molecular formula is C36H34Cl4N12O4S3. The van der Waals surface area contributed by atoms with Crippen molar-refractivity contribution in [1.29, 1.82) is 0 Å². The zero-order valence-corrected chi connectivity index (χ0v) is 35.0. The molecule has 3 N–H and O–H groups in total. The van der Waals surface area contributed by atoms with Crippen molar-refractivity contribution in [3.05, 3.63) is 126 Å². The standard InChI is InChI=1S/C16H10Cl2N6OS.C14H12ClN3O3S2.C4H4ClN3.2CH4/c1-8-3-2-4-9(17)12(8)24-7-21-14-13(15(24)25)26-16(23-14)22-11-5-10(18)19-6-20-11;1-3-23(20,21)14-17-12-11(22-14)13(19)18(7-16-12)10-8(2)5-4-6-9(10)15;5-3-1-4(6)8-2-7-3;;/h2-7H,1H3,(H,19,20,22,23);4-7H,3H2,1-2H3;1-2H,(H2,6,7,8);2*1H4. The number of sulfone groups is 1. The second kappa shape index (κ2) is 19.7. The van der Waals surface area contributed by atoms with E-state index in [1.807, 2.05) is 32.0 Å². The maximum Gasteiger partial charge on any atom is 0.277 e. The fraction of sp³-hybridized carbons (Fsp3) is 0.167. The van der Waals surface area contributed by atoms with E-state index in [9.17, 15) is 18.0 Å². The number of benzene rings is 2. The first-order chi connectivity index (χ1) is 27.2. The minimum atomic E-state index is -3.48. The molecule has 0 aliphatic rings. The van der Waals surface area contributed by atoms with Crippen LogP contribution in [0, 0.1) is 13.8 Å². The Morgan fingerprint density at radius 2 is 1.22 bits per heavy atom. The molecule has 16 nitrogen and oxygen atoms in total. The number of nitrogens with two attached hydrogens (primary N) is 1. The van der Waals surface area contributed by atoms with Gasteiger partial charge < -0.3 is 11.1 Å². The number of nitrogen functional groups attached to an aromatic ring is 1. The van der Waals surface area contributed by atoms with E-state index in [2.05, 4.69) is 45.2 Å². The first kappa shape index (κ1) is 46.5. The van der Waals surface area contributed by atoms with Gasteiger partial charge in [-0.15, -0.1) is 0 Å². The van der Waals surface area contributed by atoms with Crippen molar-refractivity contribution in [1.82, 2.24) is 49.0 Å². The van der Waals surface area contributed by atoms with Crippen molar-refractivity contribution < 1.29 is 8.42 Å². The normalized spacial score (nSPS) is 10.8. The third-order valence-corrected chi connectivity index (χ3v) is 12.8. The van der Waals surface area contributed by atoms with Gasteiger partial charge in [0.1, 0.15) is 56.7 Å². The molecule has 6 aromatic heterocycles. The van der Waals surface area contributed by atoms with Gasteiger partial charge in [-0.05, 0) is 37.1 Å². The van der Waals surface area contributed by atoms with Crippen LogP contribution >= 0.6 is 69.1 Å². The van der Waals surface area contributed by atoms with Gasteiger partial charge >= 0.3 is 0 Å². The van der Waals surface area contributed by atoms with Crippen molar-refractivity contribution in [3.8, 4) is 11.4 Å².